The van der Waals surface area contributed by atoms with Gasteiger partial charge in [0.1, 0.15) is 0 Å². The van der Waals surface area contributed by atoms with Gasteiger partial charge in [0, 0.05) is 24.4 Å². The van der Waals surface area contributed by atoms with Crippen LogP contribution in [0.3, 0.4) is 0 Å². The number of nitrogens with one attached hydrogen (secondary N) is 1. The molecule has 3 atom stereocenters. The summed E-state index contributed by atoms with van der Waals surface area (Å²) in [5, 5.41) is 2.56. The van der Waals surface area contributed by atoms with E-state index in [2.05, 4.69) is 24.2 Å². The van der Waals surface area contributed by atoms with Crippen LogP contribution < -0.4 is 5.32 Å². The van der Waals surface area contributed by atoms with Crippen molar-refractivity contribution in [3.05, 3.63) is 0 Å². The van der Waals surface area contributed by atoms with Gasteiger partial charge in [0.15, 0.2) is 0 Å². The zero-order valence-electron chi connectivity index (χ0n) is 11.9. The molecule has 4 heteroatoms. The number of hydrogen-bond acceptors (Lipinski definition) is 3. The van der Waals surface area contributed by atoms with Crippen LogP contribution in [0.5, 0.6) is 0 Å². The van der Waals surface area contributed by atoms with Gasteiger partial charge >= 0.3 is 0 Å². The van der Waals surface area contributed by atoms with Crippen molar-refractivity contribution < 1.29 is 9.59 Å². The monoisotopic (exact) mass is 264 g/mol. The number of nitrogens with zero attached hydrogens (tertiary/aromatic N) is 1. The van der Waals surface area contributed by atoms with Crippen LogP contribution in [0, 0.1) is 11.3 Å². The fourth-order valence-corrected chi connectivity index (χ4v) is 4.75. The fourth-order valence-electron chi connectivity index (χ4n) is 4.75. The van der Waals surface area contributed by atoms with E-state index in [1.54, 1.807) is 0 Å². The van der Waals surface area contributed by atoms with Gasteiger partial charge in [-0.05, 0) is 44.6 Å². The summed E-state index contributed by atoms with van der Waals surface area (Å²) in [7, 11) is 2.20. The Morgan fingerprint density at radius 2 is 1.89 bits per heavy atom. The van der Waals surface area contributed by atoms with Crippen LogP contribution in [0.4, 0.5) is 0 Å². The van der Waals surface area contributed by atoms with Crippen LogP contribution in [-0.2, 0) is 9.59 Å². The van der Waals surface area contributed by atoms with Crippen LogP contribution in [0.1, 0.15) is 51.9 Å². The first-order valence-corrected chi connectivity index (χ1v) is 7.61. The highest BCUT2D eigenvalue weighted by Crippen LogP contribution is 2.53. The van der Waals surface area contributed by atoms with E-state index in [0.717, 1.165) is 25.7 Å². The van der Waals surface area contributed by atoms with E-state index in [1.165, 1.54) is 12.8 Å². The van der Waals surface area contributed by atoms with Gasteiger partial charge < -0.3 is 4.90 Å². The van der Waals surface area contributed by atoms with E-state index in [9.17, 15) is 9.59 Å². The van der Waals surface area contributed by atoms with Crippen molar-refractivity contribution in [2.24, 2.45) is 11.3 Å². The van der Waals surface area contributed by atoms with E-state index < -0.39 is 0 Å². The predicted octanol–water partition coefficient (Wildman–Crippen LogP) is 1.69. The molecule has 2 amide bonds. The number of piperidine rings is 2. The highest BCUT2D eigenvalue weighted by atomic mass is 16.2. The molecule has 3 rings (SSSR count). The molecule has 106 valence electrons. The molecule has 0 aliphatic carbocycles. The second-order valence-corrected chi connectivity index (χ2v) is 6.75. The van der Waals surface area contributed by atoms with Crippen LogP contribution in [0.25, 0.3) is 0 Å². The molecule has 3 aliphatic rings. The topological polar surface area (TPSA) is 49.4 Å². The molecule has 1 spiro atoms. The van der Waals surface area contributed by atoms with Gasteiger partial charge in [-0.25, -0.2) is 0 Å². The van der Waals surface area contributed by atoms with Gasteiger partial charge in [-0.15, -0.1) is 0 Å². The van der Waals surface area contributed by atoms with Crippen molar-refractivity contribution in [1.82, 2.24) is 10.2 Å². The maximum atomic E-state index is 12.2. The summed E-state index contributed by atoms with van der Waals surface area (Å²) in [4.78, 5) is 26.6. The highest BCUT2D eigenvalue weighted by molar-refractivity contribution is 5.99. The molecular weight excluding hydrogens is 240 g/mol. The predicted molar refractivity (Wildman–Crippen MR) is 72.4 cm³/mol. The Hall–Kier alpha value is -0.900. The Kier molecular flexibility index (Phi) is 3.16. The minimum absolute atomic E-state index is 0.0120. The number of fused-ring (bicyclic) bond motifs is 2. The number of carbonyl (C=O) groups excluding carboxylic acids is 2. The molecule has 0 radical (unpaired) electrons. The first-order valence-electron chi connectivity index (χ1n) is 7.61. The van der Waals surface area contributed by atoms with E-state index in [-0.39, 0.29) is 23.1 Å². The molecule has 4 nitrogen and oxygen atoms in total. The lowest BCUT2D eigenvalue weighted by Crippen LogP contribution is -2.57. The zero-order valence-corrected chi connectivity index (χ0v) is 11.9. The minimum Gasteiger partial charge on any atom is -0.300 e. The van der Waals surface area contributed by atoms with Crippen LogP contribution >= 0.6 is 0 Å². The molecule has 3 unspecified atom stereocenters. The third kappa shape index (κ3) is 2.00. The van der Waals surface area contributed by atoms with E-state index in [1.807, 2.05) is 0 Å². The number of amides is 2. The first-order chi connectivity index (χ1) is 9.05. The smallest absolute Gasteiger partial charge is 0.230 e. The Morgan fingerprint density at radius 3 is 2.47 bits per heavy atom. The SMILES string of the molecule is CCCC1C(=O)NC(=O)CC12CC1CCC(C2)N1C. The third-order valence-electron chi connectivity index (χ3n) is 5.68. The molecule has 0 saturated carbocycles. The van der Waals surface area contributed by atoms with Crippen molar-refractivity contribution in [2.45, 2.75) is 64.0 Å². The van der Waals surface area contributed by atoms with Crippen LogP contribution in [0.2, 0.25) is 0 Å². The van der Waals surface area contributed by atoms with E-state index in [0.29, 0.717) is 18.5 Å². The Bertz CT molecular complexity index is 393. The standard InChI is InChI=1S/C15H24N2O2/c1-3-4-12-14(19)16-13(18)9-15(12)7-10-5-6-11(8-15)17(10)2/h10-12H,3-9H2,1-2H3,(H,16,18,19). The molecule has 1 N–H and O–H groups in total. The van der Waals surface area contributed by atoms with Crippen LogP contribution in [0.15, 0.2) is 0 Å². The van der Waals surface area contributed by atoms with Crippen molar-refractivity contribution in [2.75, 3.05) is 7.05 Å². The molecule has 19 heavy (non-hydrogen) atoms. The summed E-state index contributed by atoms with van der Waals surface area (Å²) in [5.41, 5.74) is -0.0478. The maximum Gasteiger partial charge on any atom is 0.230 e. The first kappa shape index (κ1) is 13.1. The molecular formula is C15H24N2O2. The summed E-state index contributed by atoms with van der Waals surface area (Å²) >= 11 is 0. The number of carbonyl (C=O) groups is 2. The lowest BCUT2D eigenvalue weighted by molar-refractivity contribution is -0.148. The maximum absolute atomic E-state index is 12.2. The fraction of sp³-hybridized carbons (Fsp3) is 0.867. The summed E-state index contributed by atoms with van der Waals surface area (Å²) in [6, 6.07) is 1.16. The average molecular weight is 264 g/mol. The molecule has 0 aromatic carbocycles. The molecule has 2 bridgehead atoms. The van der Waals surface area contributed by atoms with Crippen molar-refractivity contribution in [3.8, 4) is 0 Å². The highest BCUT2D eigenvalue weighted by Gasteiger charge is 2.55. The minimum atomic E-state index is -0.0543. The lowest BCUT2D eigenvalue weighted by Gasteiger charge is -2.50. The quantitative estimate of drug-likeness (QED) is 0.772. The zero-order chi connectivity index (χ0) is 13.6. The second-order valence-electron chi connectivity index (χ2n) is 6.75. The van der Waals surface area contributed by atoms with Gasteiger partial charge in [-0.2, -0.15) is 0 Å². The van der Waals surface area contributed by atoms with Crippen molar-refractivity contribution in [3.63, 3.8) is 0 Å². The van der Waals surface area contributed by atoms with Gasteiger partial charge in [0.25, 0.3) is 0 Å². The van der Waals surface area contributed by atoms with Gasteiger partial charge in [0.2, 0.25) is 11.8 Å². The Morgan fingerprint density at radius 1 is 1.26 bits per heavy atom. The molecule has 3 fully saturated rings. The van der Waals surface area contributed by atoms with Gasteiger partial charge in [-0.1, -0.05) is 13.3 Å². The van der Waals surface area contributed by atoms with Crippen LogP contribution in [-0.4, -0.2) is 35.8 Å². The Balaban J connectivity index is 1.90. The lowest BCUT2D eigenvalue weighted by atomic mass is 9.61. The van der Waals surface area contributed by atoms with E-state index >= 15 is 0 Å². The number of rotatable bonds is 2. The summed E-state index contributed by atoms with van der Waals surface area (Å²) in [6.45, 7) is 2.13. The molecule has 0 aromatic heterocycles. The van der Waals surface area contributed by atoms with Crippen molar-refractivity contribution >= 4 is 11.8 Å². The largest absolute Gasteiger partial charge is 0.300 e. The normalized spacial score (nSPS) is 42.7. The summed E-state index contributed by atoms with van der Waals surface area (Å²) in [5.74, 6) is -0.0182. The third-order valence-corrected chi connectivity index (χ3v) is 5.68. The molecule has 0 aromatic rings. The summed E-state index contributed by atoms with van der Waals surface area (Å²) < 4.78 is 0. The van der Waals surface area contributed by atoms with Gasteiger partial charge in [-0.3, -0.25) is 14.9 Å². The summed E-state index contributed by atoms with van der Waals surface area (Å²) in [6.07, 6.45) is 7.02. The van der Waals surface area contributed by atoms with Crippen molar-refractivity contribution in [1.29, 1.82) is 0 Å². The molecule has 3 saturated heterocycles. The van der Waals surface area contributed by atoms with E-state index in [4.69, 9.17) is 0 Å². The number of hydrogen-bond donors (Lipinski definition) is 1. The molecule has 3 aliphatic heterocycles. The second kappa shape index (κ2) is 4.58. The molecule has 3 heterocycles. The average Bonchev–Trinajstić information content (AvgIpc) is 2.59. The van der Waals surface area contributed by atoms with Gasteiger partial charge in [0.05, 0.1) is 0 Å². The number of imide groups is 1. The Labute approximate surface area is 114 Å².